The van der Waals surface area contributed by atoms with Gasteiger partial charge >= 0.3 is 5.97 Å². The van der Waals surface area contributed by atoms with Crippen molar-refractivity contribution < 1.29 is 15.0 Å². The first-order chi connectivity index (χ1) is 14.1. The molecule has 3 rings (SSSR count). The van der Waals surface area contributed by atoms with Gasteiger partial charge in [-0.05, 0) is 106 Å². The molecule has 0 spiro atoms. The summed E-state index contributed by atoms with van der Waals surface area (Å²) in [5, 5.41) is 19.9. The lowest BCUT2D eigenvalue weighted by Crippen LogP contribution is -2.50. The number of allylic oxidation sites excluding steroid dienone is 4. The predicted octanol–water partition coefficient (Wildman–Crippen LogP) is 7.16. The van der Waals surface area contributed by atoms with E-state index in [9.17, 15) is 15.0 Å². The van der Waals surface area contributed by atoms with Gasteiger partial charge in [0.1, 0.15) is 5.75 Å². The van der Waals surface area contributed by atoms with Crippen LogP contribution in [0.1, 0.15) is 89.1 Å². The minimum absolute atomic E-state index is 0.169. The highest BCUT2D eigenvalue weighted by molar-refractivity contribution is 5.88. The Balaban J connectivity index is 1.92. The number of phenolic OH excluding ortho intramolecular Hbond substituents is 1. The topological polar surface area (TPSA) is 57.5 Å². The van der Waals surface area contributed by atoms with Gasteiger partial charge in [-0.15, -0.1) is 0 Å². The highest BCUT2D eigenvalue weighted by atomic mass is 16.4. The van der Waals surface area contributed by atoms with Crippen LogP contribution in [0, 0.1) is 22.7 Å². The molecule has 2 aliphatic carbocycles. The largest absolute Gasteiger partial charge is 0.508 e. The first kappa shape index (κ1) is 22.7. The van der Waals surface area contributed by atoms with Crippen molar-refractivity contribution in [3.63, 3.8) is 0 Å². The van der Waals surface area contributed by atoms with Crippen LogP contribution in [0.4, 0.5) is 0 Å². The van der Waals surface area contributed by atoms with E-state index in [1.165, 1.54) is 49.0 Å². The number of aromatic carboxylic acids is 1. The van der Waals surface area contributed by atoms with Crippen LogP contribution in [0.5, 0.6) is 5.75 Å². The van der Waals surface area contributed by atoms with Crippen LogP contribution in [-0.2, 0) is 6.42 Å². The average Bonchev–Trinajstić information content (AvgIpc) is 2.65. The average molecular weight is 411 g/mol. The van der Waals surface area contributed by atoms with Crippen molar-refractivity contribution in [1.82, 2.24) is 0 Å². The van der Waals surface area contributed by atoms with Crippen LogP contribution in [0.15, 0.2) is 41.5 Å². The third-order valence-electron chi connectivity index (χ3n) is 8.14. The summed E-state index contributed by atoms with van der Waals surface area (Å²) in [5.74, 6) is 0.207. The molecule has 0 aliphatic heterocycles. The van der Waals surface area contributed by atoms with Crippen LogP contribution < -0.4 is 0 Å². The predicted molar refractivity (Wildman–Crippen MR) is 123 cm³/mol. The summed E-state index contributed by atoms with van der Waals surface area (Å²) >= 11 is 0. The van der Waals surface area contributed by atoms with Gasteiger partial charge in [0.15, 0.2) is 0 Å². The van der Waals surface area contributed by atoms with Gasteiger partial charge in [0.25, 0.3) is 0 Å². The summed E-state index contributed by atoms with van der Waals surface area (Å²) in [6.07, 6.45) is 12.7. The molecule has 4 atom stereocenters. The standard InChI is InChI=1S/C27H38O3/c1-18(2)8-6-13-26(4)14-7-15-27(5)22(19(3)9-12-24(26)27)17-21-16-20(25(29)30)10-11-23(21)28/h8-11,16,22,24,28H,6-7,12-15,17H2,1-5H3,(H,29,30)/t22?,24?,26-,27?/m0/s1. The minimum Gasteiger partial charge on any atom is -0.508 e. The molecule has 2 N–H and O–H groups in total. The van der Waals surface area contributed by atoms with E-state index in [2.05, 4.69) is 46.8 Å². The third kappa shape index (κ3) is 4.36. The molecule has 3 heteroatoms. The number of carboxylic acids is 1. The van der Waals surface area contributed by atoms with Gasteiger partial charge in [0.05, 0.1) is 5.56 Å². The van der Waals surface area contributed by atoms with Crippen molar-refractivity contribution in [2.45, 2.75) is 79.6 Å². The number of carbonyl (C=O) groups is 1. The smallest absolute Gasteiger partial charge is 0.335 e. The van der Waals surface area contributed by atoms with Crippen molar-refractivity contribution in [3.8, 4) is 5.75 Å². The maximum absolute atomic E-state index is 11.4. The van der Waals surface area contributed by atoms with Gasteiger partial charge in [-0.1, -0.05) is 43.6 Å². The second kappa shape index (κ2) is 8.61. The van der Waals surface area contributed by atoms with Crippen molar-refractivity contribution in [2.24, 2.45) is 22.7 Å². The molecule has 1 aromatic carbocycles. The molecule has 30 heavy (non-hydrogen) atoms. The number of phenols is 1. The SMILES string of the molecule is CC(C)=CCC[C@@]1(C)CCCC2(C)C(Cc3cc(C(=O)O)ccc3O)C(C)=CCC21. The van der Waals surface area contributed by atoms with Gasteiger partial charge in [-0.25, -0.2) is 4.79 Å². The van der Waals surface area contributed by atoms with Crippen LogP contribution >= 0.6 is 0 Å². The van der Waals surface area contributed by atoms with Crippen LogP contribution in [0.2, 0.25) is 0 Å². The molecule has 0 heterocycles. The van der Waals surface area contributed by atoms with E-state index in [0.29, 0.717) is 23.7 Å². The van der Waals surface area contributed by atoms with Gasteiger partial charge in [-0.3, -0.25) is 0 Å². The Bertz CT molecular complexity index is 861. The number of hydrogen-bond donors (Lipinski definition) is 2. The summed E-state index contributed by atoms with van der Waals surface area (Å²) in [6.45, 7) is 11.5. The monoisotopic (exact) mass is 410 g/mol. The van der Waals surface area contributed by atoms with Crippen LogP contribution in [0.25, 0.3) is 0 Å². The zero-order valence-corrected chi connectivity index (χ0v) is 19.3. The molecule has 1 aromatic rings. The Morgan fingerprint density at radius 1 is 1.23 bits per heavy atom. The minimum atomic E-state index is -0.944. The number of fused-ring (bicyclic) bond motifs is 1. The molecular weight excluding hydrogens is 372 g/mol. The number of hydrogen-bond acceptors (Lipinski definition) is 2. The fourth-order valence-corrected chi connectivity index (χ4v) is 6.44. The van der Waals surface area contributed by atoms with Crippen molar-refractivity contribution in [1.29, 1.82) is 0 Å². The molecule has 0 saturated heterocycles. The molecule has 0 bridgehead atoms. The summed E-state index contributed by atoms with van der Waals surface area (Å²) in [6, 6.07) is 4.68. The van der Waals surface area contributed by atoms with Crippen molar-refractivity contribution >= 4 is 5.97 Å². The van der Waals surface area contributed by atoms with E-state index in [-0.39, 0.29) is 16.7 Å². The summed E-state index contributed by atoms with van der Waals surface area (Å²) in [4.78, 5) is 11.4. The van der Waals surface area contributed by atoms with Crippen molar-refractivity contribution in [2.75, 3.05) is 0 Å². The molecule has 3 nitrogen and oxygen atoms in total. The summed E-state index contributed by atoms with van der Waals surface area (Å²) in [7, 11) is 0. The lowest BCUT2D eigenvalue weighted by atomic mass is 9.47. The van der Waals surface area contributed by atoms with Crippen LogP contribution in [0.3, 0.4) is 0 Å². The van der Waals surface area contributed by atoms with Crippen molar-refractivity contribution in [3.05, 3.63) is 52.6 Å². The quantitative estimate of drug-likeness (QED) is 0.489. The molecule has 1 fully saturated rings. The highest BCUT2D eigenvalue weighted by Crippen LogP contribution is 2.61. The molecule has 0 aromatic heterocycles. The molecule has 2 aliphatic rings. The van der Waals surface area contributed by atoms with Crippen LogP contribution in [-0.4, -0.2) is 16.2 Å². The highest BCUT2D eigenvalue weighted by Gasteiger charge is 2.53. The Labute approximate surface area is 181 Å². The lowest BCUT2D eigenvalue weighted by molar-refractivity contribution is -0.0506. The van der Waals surface area contributed by atoms with E-state index < -0.39 is 5.97 Å². The normalized spacial score (nSPS) is 30.9. The van der Waals surface area contributed by atoms with E-state index in [4.69, 9.17) is 0 Å². The van der Waals surface area contributed by atoms with E-state index >= 15 is 0 Å². The maximum atomic E-state index is 11.4. The van der Waals surface area contributed by atoms with Gasteiger partial charge in [-0.2, -0.15) is 0 Å². The lowest BCUT2D eigenvalue weighted by Gasteiger charge is -2.58. The molecule has 0 amide bonds. The second-order valence-electron chi connectivity index (χ2n) is 10.5. The molecule has 1 saturated carbocycles. The molecule has 3 unspecified atom stereocenters. The van der Waals surface area contributed by atoms with E-state index in [1.807, 2.05) is 0 Å². The first-order valence-corrected chi connectivity index (χ1v) is 11.4. The van der Waals surface area contributed by atoms with Gasteiger partial charge < -0.3 is 10.2 Å². The number of carboxylic acid groups (broad SMARTS) is 1. The van der Waals surface area contributed by atoms with Gasteiger partial charge in [0, 0.05) is 0 Å². The number of rotatable bonds is 6. The Morgan fingerprint density at radius 3 is 2.63 bits per heavy atom. The number of aromatic hydroxyl groups is 1. The molecular formula is C27H38O3. The number of benzene rings is 1. The Morgan fingerprint density at radius 2 is 1.97 bits per heavy atom. The second-order valence-corrected chi connectivity index (χ2v) is 10.5. The fraction of sp³-hybridized carbons (Fsp3) is 0.593. The summed E-state index contributed by atoms with van der Waals surface area (Å²) < 4.78 is 0. The van der Waals surface area contributed by atoms with E-state index in [0.717, 1.165) is 18.4 Å². The zero-order valence-electron chi connectivity index (χ0n) is 19.3. The summed E-state index contributed by atoms with van der Waals surface area (Å²) in [5.41, 5.74) is 4.27. The molecule has 164 valence electrons. The van der Waals surface area contributed by atoms with E-state index in [1.54, 1.807) is 6.07 Å². The third-order valence-corrected chi connectivity index (χ3v) is 8.14. The Kier molecular flexibility index (Phi) is 6.50. The molecule has 0 radical (unpaired) electrons. The van der Waals surface area contributed by atoms with Gasteiger partial charge in [0.2, 0.25) is 0 Å². The fourth-order valence-electron chi connectivity index (χ4n) is 6.44. The Hall–Kier alpha value is -2.03. The zero-order chi connectivity index (χ0) is 22.1. The first-order valence-electron chi connectivity index (χ1n) is 11.4. The maximum Gasteiger partial charge on any atom is 0.335 e.